The first-order chi connectivity index (χ1) is 9.55. The maximum Gasteiger partial charge on any atom is 0.216 e. The van der Waals surface area contributed by atoms with Gasteiger partial charge in [-0.15, -0.1) is 0 Å². The molecule has 6 heteroatoms. The van der Waals surface area contributed by atoms with Gasteiger partial charge in [0.15, 0.2) is 0 Å². The molecule has 108 valence electrons. The SMILES string of the molecule is N#Cc1ccccc1CS(=O)(=O)NC1CCCC1CN. The average Bonchev–Trinajstić information content (AvgIpc) is 2.85. The lowest BCUT2D eigenvalue weighted by Gasteiger charge is -2.19. The monoisotopic (exact) mass is 293 g/mol. The predicted molar refractivity (Wildman–Crippen MR) is 77.1 cm³/mol. The molecule has 1 fully saturated rings. The van der Waals surface area contributed by atoms with Crippen molar-refractivity contribution < 1.29 is 8.42 Å². The van der Waals surface area contributed by atoms with Crippen LogP contribution in [0.5, 0.6) is 0 Å². The van der Waals surface area contributed by atoms with Crippen LogP contribution in [-0.2, 0) is 15.8 Å². The Bertz CT molecular complexity index is 607. The number of benzene rings is 1. The number of sulfonamides is 1. The summed E-state index contributed by atoms with van der Waals surface area (Å²) in [6.07, 6.45) is 2.81. The largest absolute Gasteiger partial charge is 0.330 e. The van der Waals surface area contributed by atoms with Crippen molar-refractivity contribution in [1.29, 1.82) is 5.26 Å². The minimum absolute atomic E-state index is 0.0701. The highest BCUT2D eigenvalue weighted by Crippen LogP contribution is 2.25. The Hall–Kier alpha value is -1.42. The average molecular weight is 293 g/mol. The van der Waals surface area contributed by atoms with Gasteiger partial charge in [-0.3, -0.25) is 0 Å². The van der Waals surface area contributed by atoms with Gasteiger partial charge in [0.05, 0.1) is 17.4 Å². The fourth-order valence-electron chi connectivity index (χ4n) is 2.71. The Morgan fingerprint density at radius 2 is 2.10 bits per heavy atom. The van der Waals surface area contributed by atoms with Crippen molar-refractivity contribution in [2.45, 2.75) is 31.1 Å². The molecule has 0 aliphatic heterocycles. The molecule has 0 radical (unpaired) electrons. The standard InChI is InChI=1S/C14H19N3O2S/c15-8-11-4-1-2-5-13(11)10-20(18,19)17-14-7-3-6-12(14)9-16/h1-2,4-5,12,14,17H,3,6-7,9-10,16H2. The molecular formula is C14H19N3O2S. The van der Waals surface area contributed by atoms with Crippen LogP contribution < -0.4 is 10.5 Å². The molecule has 1 saturated carbocycles. The molecule has 5 nitrogen and oxygen atoms in total. The fraction of sp³-hybridized carbons (Fsp3) is 0.500. The lowest BCUT2D eigenvalue weighted by molar-refractivity contribution is 0.452. The quantitative estimate of drug-likeness (QED) is 0.849. The van der Waals surface area contributed by atoms with Gasteiger partial charge in [-0.2, -0.15) is 5.26 Å². The first-order valence-corrected chi connectivity index (χ1v) is 8.39. The summed E-state index contributed by atoms with van der Waals surface area (Å²) in [4.78, 5) is 0. The summed E-state index contributed by atoms with van der Waals surface area (Å²) in [5.41, 5.74) is 6.60. The van der Waals surface area contributed by atoms with Gasteiger partial charge >= 0.3 is 0 Å². The van der Waals surface area contributed by atoms with Crippen LogP contribution in [0.2, 0.25) is 0 Å². The second-order valence-electron chi connectivity index (χ2n) is 5.18. The van der Waals surface area contributed by atoms with Crippen molar-refractivity contribution in [1.82, 2.24) is 4.72 Å². The molecule has 0 heterocycles. The van der Waals surface area contributed by atoms with Crippen molar-refractivity contribution in [2.75, 3.05) is 6.54 Å². The van der Waals surface area contributed by atoms with Gasteiger partial charge in [0, 0.05) is 6.04 Å². The molecule has 0 spiro atoms. The molecule has 0 amide bonds. The van der Waals surface area contributed by atoms with E-state index in [1.54, 1.807) is 24.3 Å². The summed E-state index contributed by atoms with van der Waals surface area (Å²) in [5.74, 6) is 0.0563. The second kappa shape index (κ2) is 6.35. The third-order valence-corrected chi connectivity index (χ3v) is 5.13. The van der Waals surface area contributed by atoms with E-state index in [4.69, 9.17) is 11.0 Å². The van der Waals surface area contributed by atoms with Crippen molar-refractivity contribution in [3.63, 3.8) is 0 Å². The van der Waals surface area contributed by atoms with Gasteiger partial charge < -0.3 is 5.73 Å². The van der Waals surface area contributed by atoms with Crippen molar-refractivity contribution in [3.8, 4) is 6.07 Å². The van der Waals surface area contributed by atoms with Crippen LogP contribution in [0, 0.1) is 17.2 Å². The van der Waals surface area contributed by atoms with E-state index >= 15 is 0 Å². The number of nitrogens with two attached hydrogens (primary N) is 1. The van der Waals surface area contributed by atoms with Gasteiger partial charge in [0.2, 0.25) is 10.0 Å². The lowest BCUT2D eigenvalue weighted by atomic mass is 10.1. The van der Waals surface area contributed by atoms with Crippen LogP contribution >= 0.6 is 0 Å². The first-order valence-electron chi connectivity index (χ1n) is 6.74. The maximum atomic E-state index is 12.2. The third-order valence-electron chi connectivity index (χ3n) is 3.78. The third kappa shape index (κ3) is 3.57. The Balaban J connectivity index is 2.10. The molecule has 1 aliphatic carbocycles. The lowest BCUT2D eigenvalue weighted by Crippen LogP contribution is -2.40. The molecule has 1 aromatic carbocycles. The number of rotatable bonds is 5. The van der Waals surface area contributed by atoms with Crippen LogP contribution in [0.15, 0.2) is 24.3 Å². The topological polar surface area (TPSA) is 96.0 Å². The zero-order valence-corrected chi connectivity index (χ0v) is 12.1. The van der Waals surface area contributed by atoms with Gasteiger partial charge in [-0.05, 0) is 36.9 Å². The molecule has 20 heavy (non-hydrogen) atoms. The van der Waals surface area contributed by atoms with E-state index in [-0.39, 0.29) is 17.7 Å². The van der Waals surface area contributed by atoms with Gasteiger partial charge in [-0.1, -0.05) is 24.6 Å². The van der Waals surface area contributed by atoms with Gasteiger partial charge in [0.25, 0.3) is 0 Å². The molecular weight excluding hydrogens is 274 g/mol. The number of nitrogens with zero attached hydrogens (tertiary/aromatic N) is 1. The highest BCUT2D eigenvalue weighted by molar-refractivity contribution is 7.88. The summed E-state index contributed by atoms with van der Waals surface area (Å²) < 4.78 is 27.2. The number of hydrogen-bond donors (Lipinski definition) is 2. The summed E-state index contributed by atoms with van der Waals surface area (Å²) in [6.45, 7) is 0.502. The summed E-state index contributed by atoms with van der Waals surface area (Å²) >= 11 is 0. The van der Waals surface area contributed by atoms with Crippen molar-refractivity contribution in [2.24, 2.45) is 11.7 Å². The summed E-state index contributed by atoms with van der Waals surface area (Å²) in [6, 6.07) is 8.72. The molecule has 0 bridgehead atoms. The van der Waals surface area contributed by atoms with Gasteiger partial charge in [0.1, 0.15) is 0 Å². The van der Waals surface area contributed by atoms with E-state index in [1.807, 2.05) is 6.07 Å². The van der Waals surface area contributed by atoms with Gasteiger partial charge in [-0.25, -0.2) is 13.1 Å². The molecule has 1 aliphatic rings. The number of hydrogen-bond acceptors (Lipinski definition) is 4. The Labute approximate surface area is 119 Å². The van der Waals surface area contributed by atoms with Crippen LogP contribution in [0.1, 0.15) is 30.4 Å². The van der Waals surface area contributed by atoms with Crippen molar-refractivity contribution >= 4 is 10.0 Å². The van der Waals surface area contributed by atoms with Crippen LogP contribution in [-0.4, -0.2) is 21.0 Å². The minimum Gasteiger partial charge on any atom is -0.330 e. The summed E-state index contributed by atoms with van der Waals surface area (Å²) in [5, 5.41) is 9.00. The van der Waals surface area contributed by atoms with E-state index in [0.29, 0.717) is 17.7 Å². The Morgan fingerprint density at radius 3 is 2.80 bits per heavy atom. The zero-order chi connectivity index (χ0) is 14.6. The highest BCUT2D eigenvalue weighted by atomic mass is 32.2. The predicted octanol–water partition coefficient (Wildman–Crippen LogP) is 1.11. The second-order valence-corrected chi connectivity index (χ2v) is 6.93. The van der Waals surface area contributed by atoms with Crippen LogP contribution in [0.25, 0.3) is 0 Å². The Morgan fingerprint density at radius 1 is 1.35 bits per heavy atom. The molecule has 3 N–H and O–H groups in total. The van der Waals surface area contributed by atoms with E-state index < -0.39 is 10.0 Å². The normalized spacial score (nSPS) is 22.6. The Kier molecular flexibility index (Phi) is 4.76. The fourth-order valence-corrected chi connectivity index (χ4v) is 4.22. The number of nitriles is 1. The van der Waals surface area contributed by atoms with Crippen molar-refractivity contribution in [3.05, 3.63) is 35.4 Å². The van der Waals surface area contributed by atoms with Crippen LogP contribution in [0.4, 0.5) is 0 Å². The number of nitrogens with one attached hydrogen (secondary N) is 1. The smallest absolute Gasteiger partial charge is 0.216 e. The van der Waals surface area contributed by atoms with Crippen LogP contribution in [0.3, 0.4) is 0 Å². The zero-order valence-electron chi connectivity index (χ0n) is 11.2. The molecule has 0 saturated heterocycles. The summed E-state index contributed by atoms with van der Waals surface area (Å²) in [7, 11) is -3.45. The molecule has 2 atom stereocenters. The minimum atomic E-state index is -3.45. The maximum absolute atomic E-state index is 12.2. The molecule has 2 rings (SSSR count). The van der Waals surface area contributed by atoms with E-state index in [0.717, 1.165) is 19.3 Å². The first kappa shape index (κ1) is 15.0. The molecule has 0 aromatic heterocycles. The highest BCUT2D eigenvalue weighted by Gasteiger charge is 2.29. The van der Waals surface area contributed by atoms with E-state index in [9.17, 15) is 8.42 Å². The van der Waals surface area contributed by atoms with E-state index in [1.165, 1.54) is 0 Å². The molecule has 2 unspecified atom stereocenters. The molecule has 1 aromatic rings. The van der Waals surface area contributed by atoms with E-state index in [2.05, 4.69) is 4.72 Å².